The van der Waals surface area contributed by atoms with Crippen molar-refractivity contribution in [2.24, 2.45) is 11.7 Å². The molecule has 4 heteroatoms. The van der Waals surface area contributed by atoms with E-state index >= 15 is 0 Å². The highest BCUT2D eigenvalue weighted by Gasteiger charge is 2.25. The molecule has 0 bridgehead atoms. The standard InChI is InChI=1S/C15H19N3O/c1-9-17-13-7-4-11(8-14(13)18-9)15(16)10-2-5-12(19)6-3-10/h4,7-8,10,15H,2-3,5-6,16H2,1H3,(H,17,18). The number of Topliss-reactive ketones (excluding diaryl/α,β-unsaturated/α-hetero) is 1. The van der Waals surface area contributed by atoms with Crippen molar-refractivity contribution in [2.45, 2.75) is 38.6 Å². The quantitative estimate of drug-likeness (QED) is 0.868. The molecule has 1 unspecified atom stereocenters. The second kappa shape index (κ2) is 4.78. The van der Waals surface area contributed by atoms with Crippen LogP contribution in [0.15, 0.2) is 18.2 Å². The fraction of sp³-hybridized carbons (Fsp3) is 0.467. The van der Waals surface area contributed by atoms with E-state index in [0.717, 1.165) is 35.3 Å². The molecule has 0 amide bonds. The van der Waals surface area contributed by atoms with Crippen molar-refractivity contribution < 1.29 is 4.79 Å². The molecule has 1 fully saturated rings. The van der Waals surface area contributed by atoms with Crippen LogP contribution >= 0.6 is 0 Å². The maximum absolute atomic E-state index is 11.3. The van der Waals surface area contributed by atoms with E-state index < -0.39 is 0 Å². The highest BCUT2D eigenvalue weighted by molar-refractivity contribution is 5.79. The fourth-order valence-electron chi connectivity index (χ4n) is 2.96. The SMILES string of the molecule is Cc1nc2ccc(C(N)C3CCC(=O)CC3)cc2[nH]1. The highest BCUT2D eigenvalue weighted by Crippen LogP contribution is 2.32. The highest BCUT2D eigenvalue weighted by atomic mass is 16.1. The summed E-state index contributed by atoms with van der Waals surface area (Å²) in [5.74, 6) is 1.71. The van der Waals surface area contributed by atoms with Crippen molar-refractivity contribution >= 4 is 16.8 Å². The average Bonchev–Trinajstić information content (AvgIpc) is 2.77. The number of hydrogen-bond donors (Lipinski definition) is 2. The van der Waals surface area contributed by atoms with E-state index in [1.807, 2.05) is 13.0 Å². The summed E-state index contributed by atoms with van der Waals surface area (Å²) < 4.78 is 0. The molecule has 3 N–H and O–H groups in total. The minimum Gasteiger partial charge on any atom is -0.342 e. The summed E-state index contributed by atoms with van der Waals surface area (Å²) in [5.41, 5.74) is 9.52. The minimum absolute atomic E-state index is 0.0149. The number of nitrogens with one attached hydrogen (secondary N) is 1. The second-order valence-electron chi connectivity index (χ2n) is 5.50. The Morgan fingerprint density at radius 1 is 1.37 bits per heavy atom. The molecule has 100 valence electrons. The molecular formula is C15H19N3O. The molecule has 2 aromatic rings. The summed E-state index contributed by atoms with van der Waals surface area (Å²) in [4.78, 5) is 18.9. The average molecular weight is 257 g/mol. The molecular weight excluding hydrogens is 238 g/mol. The zero-order valence-electron chi connectivity index (χ0n) is 11.1. The van der Waals surface area contributed by atoms with Gasteiger partial charge in [0.2, 0.25) is 0 Å². The smallest absolute Gasteiger partial charge is 0.132 e. The molecule has 1 saturated carbocycles. The summed E-state index contributed by atoms with van der Waals surface area (Å²) in [6.07, 6.45) is 3.20. The Kier molecular flexibility index (Phi) is 3.11. The van der Waals surface area contributed by atoms with Gasteiger partial charge >= 0.3 is 0 Å². The number of benzene rings is 1. The molecule has 0 spiro atoms. The number of carbonyl (C=O) groups is 1. The maximum atomic E-state index is 11.3. The van der Waals surface area contributed by atoms with Crippen LogP contribution in [0.5, 0.6) is 0 Å². The summed E-state index contributed by atoms with van der Waals surface area (Å²) in [6.45, 7) is 1.95. The van der Waals surface area contributed by atoms with Crippen LogP contribution in [0.25, 0.3) is 11.0 Å². The van der Waals surface area contributed by atoms with E-state index in [0.29, 0.717) is 24.5 Å². The van der Waals surface area contributed by atoms with Gasteiger partial charge in [-0.15, -0.1) is 0 Å². The number of ketones is 1. The number of aromatic amines is 1. The zero-order chi connectivity index (χ0) is 13.4. The van der Waals surface area contributed by atoms with Crippen LogP contribution in [-0.2, 0) is 4.79 Å². The number of carbonyl (C=O) groups excluding carboxylic acids is 1. The Balaban J connectivity index is 1.84. The van der Waals surface area contributed by atoms with Crippen molar-refractivity contribution in [1.82, 2.24) is 9.97 Å². The molecule has 1 atom stereocenters. The number of nitrogens with two attached hydrogens (primary N) is 1. The van der Waals surface area contributed by atoms with Crippen LogP contribution < -0.4 is 5.73 Å². The third kappa shape index (κ3) is 2.40. The number of fused-ring (bicyclic) bond motifs is 1. The van der Waals surface area contributed by atoms with Gasteiger partial charge in [-0.25, -0.2) is 4.98 Å². The first-order valence-corrected chi connectivity index (χ1v) is 6.87. The van der Waals surface area contributed by atoms with Gasteiger partial charge < -0.3 is 10.7 Å². The number of nitrogens with zero attached hydrogens (tertiary/aromatic N) is 1. The van der Waals surface area contributed by atoms with Gasteiger partial charge in [0.15, 0.2) is 0 Å². The predicted octanol–water partition coefficient (Wildman–Crippen LogP) is 2.63. The Morgan fingerprint density at radius 3 is 2.84 bits per heavy atom. The summed E-state index contributed by atoms with van der Waals surface area (Å²) >= 11 is 0. The fourth-order valence-corrected chi connectivity index (χ4v) is 2.96. The van der Waals surface area contributed by atoms with Gasteiger partial charge in [-0.3, -0.25) is 4.79 Å². The van der Waals surface area contributed by atoms with E-state index in [4.69, 9.17) is 5.73 Å². The summed E-state index contributed by atoms with van der Waals surface area (Å²) in [7, 11) is 0. The maximum Gasteiger partial charge on any atom is 0.132 e. The Morgan fingerprint density at radius 2 is 2.11 bits per heavy atom. The van der Waals surface area contributed by atoms with E-state index in [1.54, 1.807) is 0 Å². The van der Waals surface area contributed by atoms with E-state index in [2.05, 4.69) is 22.1 Å². The number of aryl methyl sites for hydroxylation is 1. The number of rotatable bonds is 2. The van der Waals surface area contributed by atoms with Gasteiger partial charge in [0.1, 0.15) is 11.6 Å². The van der Waals surface area contributed by atoms with Crippen LogP contribution in [0.1, 0.15) is 43.1 Å². The Hall–Kier alpha value is -1.68. The van der Waals surface area contributed by atoms with Crippen molar-refractivity contribution in [3.05, 3.63) is 29.6 Å². The third-order valence-corrected chi connectivity index (χ3v) is 4.11. The molecule has 1 aliphatic carbocycles. The molecule has 1 aromatic heterocycles. The molecule has 4 nitrogen and oxygen atoms in total. The zero-order valence-corrected chi connectivity index (χ0v) is 11.1. The van der Waals surface area contributed by atoms with Crippen LogP contribution in [0.4, 0.5) is 0 Å². The molecule has 1 aromatic carbocycles. The van der Waals surface area contributed by atoms with Crippen LogP contribution in [0, 0.1) is 12.8 Å². The third-order valence-electron chi connectivity index (χ3n) is 4.11. The van der Waals surface area contributed by atoms with Gasteiger partial charge in [-0.1, -0.05) is 6.07 Å². The van der Waals surface area contributed by atoms with Crippen molar-refractivity contribution in [3.8, 4) is 0 Å². The van der Waals surface area contributed by atoms with Crippen molar-refractivity contribution in [1.29, 1.82) is 0 Å². The molecule has 0 saturated heterocycles. The normalized spacial score (nSPS) is 18.9. The minimum atomic E-state index is 0.0149. The molecule has 1 heterocycles. The van der Waals surface area contributed by atoms with Crippen LogP contribution in [0.2, 0.25) is 0 Å². The number of imidazole rings is 1. The lowest BCUT2D eigenvalue weighted by atomic mass is 9.81. The summed E-state index contributed by atoms with van der Waals surface area (Å²) in [5, 5.41) is 0. The van der Waals surface area contributed by atoms with Crippen LogP contribution in [0.3, 0.4) is 0 Å². The van der Waals surface area contributed by atoms with Gasteiger partial charge in [-0.05, 0) is 43.4 Å². The van der Waals surface area contributed by atoms with E-state index in [-0.39, 0.29) is 6.04 Å². The number of H-pyrrole nitrogens is 1. The van der Waals surface area contributed by atoms with Gasteiger partial charge in [-0.2, -0.15) is 0 Å². The van der Waals surface area contributed by atoms with Crippen molar-refractivity contribution in [3.63, 3.8) is 0 Å². The second-order valence-corrected chi connectivity index (χ2v) is 5.50. The Bertz CT molecular complexity index is 607. The van der Waals surface area contributed by atoms with Crippen LogP contribution in [-0.4, -0.2) is 15.8 Å². The Labute approximate surface area is 112 Å². The predicted molar refractivity (Wildman–Crippen MR) is 74.7 cm³/mol. The first-order valence-electron chi connectivity index (χ1n) is 6.87. The van der Waals surface area contributed by atoms with E-state index in [9.17, 15) is 4.79 Å². The lowest BCUT2D eigenvalue weighted by Crippen LogP contribution is -2.26. The lowest BCUT2D eigenvalue weighted by Gasteiger charge is -2.27. The monoisotopic (exact) mass is 257 g/mol. The molecule has 19 heavy (non-hydrogen) atoms. The number of aromatic nitrogens is 2. The molecule has 3 rings (SSSR count). The van der Waals surface area contributed by atoms with E-state index in [1.165, 1.54) is 0 Å². The van der Waals surface area contributed by atoms with Crippen molar-refractivity contribution in [2.75, 3.05) is 0 Å². The largest absolute Gasteiger partial charge is 0.342 e. The molecule has 0 aliphatic heterocycles. The topological polar surface area (TPSA) is 71.8 Å². The van der Waals surface area contributed by atoms with Gasteiger partial charge in [0.25, 0.3) is 0 Å². The molecule has 0 radical (unpaired) electrons. The number of hydrogen-bond acceptors (Lipinski definition) is 3. The lowest BCUT2D eigenvalue weighted by molar-refractivity contribution is -0.121. The van der Waals surface area contributed by atoms with Gasteiger partial charge in [0.05, 0.1) is 11.0 Å². The molecule has 1 aliphatic rings. The van der Waals surface area contributed by atoms with Gasteiger partial charge in [0, 0.05) is 18.9 Å². The first-order chi connectivity index (χ1) is 9.13. The first kappa shape index (κ1) is 12.4. The summed E-state index contributed by atoms with van der Waals surface area (Å²) in [6, 6.07) is 6.18.